The maximum atomic E-state index is 12.2. The summed E-state index contributed by atoms with van der Waals surface area (Å²) in [4.78, 5) is 14.1. The number of piperidine rings is 2. The molecule has 2 rings (SSSR count). The second-order valence-corrected chi connectivity index (χ2v) is 7.71. The van der Waals surface area contributed by atoms with E-state index in [0.29, 0.717) is 5.92 Å². The average Bonchev–Trinajstić information content (AvgIpc) is 2.45. The molecule has 2 fully saturated rings. The van der Waals surface area contributed by atoms with Crippen LogP contribution in [0.5, 0.6) is 0 Å². The molecule has 0 aliphatic carbocycles. The monoisotopic (exact) mass is 296 g/mol. The van der Waals surface area contributed by atoms with Crippen LogP contribution in [0.15, 0.2) is 0 Å². The lowest BCUT2D eigenvalue weighted by molar-refractivity contribution is 0.0158. The Morgan fingerprint density at radius 3 is 2.48 bits per heavy atom. The lowest BCUT2D eigenvalue weighted by atomic mass is 9.86. The average molecular weight is 296 g/mol. The van der Waals surface area contributed by atoms with Gasteiger partial charge in [-0.1, -0.05) is 6.42 Å². The van der Waals surface area contributed by atoms with Gasteiger partial charge in [0.25, 0.3) is 0 Å². The van der Waals surface area contributed by atoms with Gasteiger partial charge >= 0.3 is 6.09 Å². The SMILES string of the molecule is CC(C)(C)OC(=O)N1CCCC(CCC2CCNCC2)C1. The third kappa shape index (κ3) is 5.85. The van der Waals surface area contributed by atoms with Gasteiger partial charge in [-0.05, 0) is 77.8 Å². The molecule has 1 amide bonds. The van der Waals surface area contributed by atoms with Crippen LogP contribution in [-0.2, 0) is 4.74 Å². The Bertz CT molecular complexity index is 332. The fourth-order valence-corrected chi connectivity index (χ4v) is 3.43. The molecule has 0 bridgehead atoms. The van der Waals surface area contributed by atoms with Gasteiger partial charge in [-0.15, -0.1) is 0 Å². The number of rotatable bonds is 3. The molecule has 4 heteroatoms. The summed E-state index contributed by atoms with van der Waals surface area (Å²) < 4.78 is 5.50. The van der Waals surface area contributed by atoms with Crippen molar-refractivity contribution in [2.24, 2.45) is 11.8 Å². The standard InChI is InChI=1S/C17H32N2O2/c1-17(2,3)21-16(20)19-12-4-5-15(13-19)7-6-14-8-10-18-11-9-14/h14-15,18H,4-13H2,1-3H3. The van der Waals surface area contributed by atoms with Crippen molar-refractivity contribution < 1.29 is 9.53 Å². The van der Waals surface area contributed by atoms with Crippen molar-refractivity contribution in [1.29, 1.82) is 0 Å². The Hall–Kier alpha value is -0.770. The summed E-state index contributed by atoms with van der Waals surface area (Å²) in [5, 5.41) is 3.43. The van der Waals surface area contributed by atoms with E-state index in [1.54, 1.807) is 0 Å². The molecule has 2 aliphatic heterocycles. The van der Waals surface area contributed by atoms with Gasteiger partial charge in [0.1, 0.15) is 5.60 Å². The zero-order valence-electron chi connectivity index (χ0n) is 14.0. The number of likely N-dealkylation sites (tertiary alicyclic amines) is 1. The van der Waals surface area contributed by atoms with Crippen LogP contribution in [0.25, 0.3) is 0 Å². The molecule has 0 aromatic carbocycles. The molecule has 0 radical (unpaired) electrons. The third-order valence-corrected chi connectivity index (χ3v) is 4.61. The fourth-order valence-electron chi connectivity index (χ4n) is 3.43. The zero-order chi connectivity index (χ0) is 15.3. The first kappa shape index (κ1) is 16.6. The van der Waals surface area contributed by atoms with Crippen molar-refractivity contribution in [3.8, 4) is 0 Å². The quantitative estimate of drug-likeness (QED) is 0.867. The number of hydrogen-bond acceptors (Lipinski definition) is 3. The number of amides is 1. The Morgan fingerprint density at radius 2 is 1.81 bits per heavy atom. The van der Waals surface area contributed by atoms with Gasteiger partial charge in [0.05, 0.1) is 0 Å². The minimum absolute atomic E-state index is 0.130. The molecule has 2 aliphatic rings. The van der Waals surface area contributed by atoms with Crippen molar-refractivity contribution in [3.63, 3.8) is 0 Å². The van der Waals surface area contributed by atoms with Crippen molar-refractivity contribution in [2.45, 2.75) is 64.9 Å². The van der Waals surface area contributed by atoms with E-state index in [0.717, 1.165) is 25.4 Å². The maximum Gasteiger partial charge on any atom is 0.410 e. The molecule has 1 N–H and O–H groups in total. The molecule has 122 valence electrons. The Balaban J connectivity index is 1.73. The van der Waals surface area contributed by atoms with E-state index in [2.05, 4.69) is 5.32 Å². The van der Waals surface area contributed by atoms with E-state index in [9.17, 15) is 4.79 Å². The number of nitrogens with one attached hydrogen (secondary N) is 1. The van der Waals surface area contributed by atoms with Gasteiger partial charge in [-0.3, -0.25) is 0 Å². The Morgan fingerprint density at radius 1 is 1.14 bits per heavy atom. The lowest BCUT2D eigenvalue weighted by Crippen LogP contribution is -2.43. The minimum Gasteiger partial charge on any atom is -0.444 e. The van der Waals surface area contributed by atoms with Gasteiger partial charge in [-0.2, -0.15) is 0 Å². The summed E-state index contributed by atoms with van der Waals surface area (Å²) in [7, 11) is 0. The Kier molecular flexibility index (Phi) is 5.91. The normalized spacial score (nSPS) is 24.9. The van der Waals surface area contributed by atoms with E-state index in [4.69, 9.17) is 4.74 Å². The largest absolute Gasteiger partial charge is 0.444 e. The Labute approximate surface area is 129 Å². The van der Waals surface area contributed by atoms with Crippen LogP contribution in [0, 0.1) is 11.8 Å². The maximum absolute atomic E-state index is 12.2. The number of ether oxygens (including phenoxy) is 1. The van der Waals surface area contributed by atoms with Gasteiger partial charge in [0.2, 0.25) is 0 Å². The van der Waals surface area contributed by atoms with Gasteiger partial charge in [0, 0.05) is 13.1 Å². The van der Waals surface area contributed by atoms with Crippen molar-refractivity contribution in [1.82, 2.24) is 10.2 Å². The second kappa shape index (κ2) is 7.48. The molecule has 1 unspecified atom stereocenters. The molecular formula is C17H32N2O2. The molecular weight excluding hydrogens is 264 g/mol. The summed E-state index contributed by atoms with van der Waals surface area (Å²) in [5.74, 6) is 1.56. The summed E-state index contributed by atoms with van der Waals surface area (Å²) in [6.45, 7) is 9.91. The molecule has 0 saturated carbocycles. The smallest absolute Gasteiger partial charge is 0.410 e. The summed E-state index contributed by atoms with van der Waals surface area (Å²) >= 11 is 0. The van der Waals surface area contributed by atoms with E-state index < -0.39 is 0 Å². The van der Waals surface area contributed by atoms with Gasteiger partial charge in [0.15, 0.2) is 0 Å². The van der Waals surface area contributed by atoms with Crippen LogP contribution < -0.4 is 5.32 Å². The molecule has 2 saturated heterocycles. The molecule has 0 aromatic heterocycles. The van der Waals surface area contributed by atoms with Crippen LogP contribution in [-0.4, -0.2) is 42.8 Å². The number of nitrogens with zero attached hydrogens (tertiary/aromatic N) is 1. The van der Waals surface area contributed by atoms with E-state index >= 15 is 0 Å². The second-order valence-electron chi connectivity index (χ2n) is 7.71. The van der Waals surface area contributed by atoms with Crippen LogP contribution in [0.2, 0.25) is 0 Å². The van der Waals surface area contributed by atoms with Crippen LogP contribution in [0.1, 0.15) is 59.3 Å². The molecule has 1 atom stereocenters. The van der Waals surface area contributed by atoms with Gasteiger partial charge in [-0.25, -0.2) is 4.79 Å². The zero-order valence-corrected chi connectivity index (χ0v) is 14.0. The highest BCUT2D eigenvalue weighted by Gasteiger charge is 2.28. The number of carbonyl (C=O) groups excluding carboxylic acids is 1. The van der Waals surface area contributed by atoms with Crippen LogP contribution >= 0.6 is 0 Å². The summed E-state index contributed by atoms with van der Waals surface area (Å²) in [6, 6.07) is 0. The highest BCUT2D eigenvalue weighted by atomic mass is 16.6. The molecule has 0 spiro atoms. The van der Waals surface area contributed by atoms with E-state index in [1.165, 1.54) is 45.2 Å². The van der Waals surface area contributed by atoms with Crippen LogP contribution in [0.3, 0.4) is 0 Å². The predicted octanol–water partition coefficient (Wildman–Crippen LogP) is 3.41. The topological polar surface area (TPSA) is 41.6 Å². The first-order valence-electron chi connectivity index (χ1n) is 8.63. The van der Waals surface area contributed by atoms with Crippen molar-refractivity contribution in [2.75, 3.05) is 26.2 Å². The lowest BCUT2D eigenvalue weighted by Gasteiger charge is -2.35. The first-order chi connectivity index (χ1) is 9.94. The minimum atomic E-state index is -0.390. The van der Waals surface area contributed by atoms with E-state index in [-0.39, 0.29) is 11.7 Å². The molecule has 0 aromatic rings. The highest BCUT2D eigenvalue weighted by Crippen LogP contribution is 2.27. The molecule has 2 heterocycles. The molecule has 4 nitrogen and oxygen atoms in total. The van der Waals surface area contributed by atoms with Gasteiger partial charge < -0.3 is 15.0 Å². The third-order valence-electron chi connectivity index (χ3n) is 4.61. The summed E-state index contributed by atoms with van der Waals surface area (Å²) in [6.07, 6.45) is 7.50. The number of hydrogen-bond donors (Lipinski definition) is 1. The molecule has 21 heavy (non-hydrogen) atoms. The number of carbonyl (C=O) groups is 1. The predicted molar refractivity (Wildman–Crippen MR) is 85.4 cm³/mol. The highest BCUT2D eigenvalue weighted by molar-refractivity contribution is 5.68. The van der Waals surface area contributed by atoms with Crippen molar-refractivity contribution in [3.05, 3.63) is 0 Å². The van der Waals surface area contributed by atoms with Crippen molar-refractivity contribution >= 4 is 6.09 Å². The van der Waals surface area contributed by atoms with E-state index in [1.807, 2.05) is 25.7 Å². The first-order valence-corrected chi connectivity index (χ1v) is 8.63. The van der Waals surface area contributed by atoms with Crippen LogP contribution in [0.4, 0.5) is 4.79 Å². The summed E-state index contributed by atoms with van der Waals surface area (Å²) in [5.41, 5.74) is -0.390. The fraction of sp³-hybridized carbons (Fsp3) is 0.941.